The summed E-state index contributed by atoms with van der Waals surface area (Å²) in [7, 11) is 1.69. The van der Waals surface area contributed by atoms with Crippen molar-refractivity contribution >= 4 is 0 Å². The number of hydrogen-bond donors (Lipinski definition) is 1. The number of methoxy groups -OCH3 is 1. The van der Waals surface area contributed by atoms with Crippen molar-refractivity contribution in [2.45, 2.75) is 47.2 Å². The van der Waals surface area contributed by atoms with Crippen molar-refractivity contribution in [1.82, 2.24) is 14.8 Å². The zero-order valence-corrected chi connectivity index (χ0v) is 13.7. The molecule has 0 aliphatic rings. The van der Waals surface area contributed by atoms with E-state index in [0.29, 0.717) is 6.54 Å². The molecule has 2 heterocycles. The Morgan fingerprint density at radius 1 is 1.29 bits per heavy atom. The summed E-state index contributed by atoms with van der Waals surface area (Å²) in [6, 6.07) is -0.0136. The maximum Gasteiger partial charge on any atom is 0.128 e. The molecule has 2 rings (SSSR count). The maximum atomic E-state index is 6.03. The van der Waals surface area contributed by atoms with E-state index in [1.807, 2.05) is 38.6 Å². The molecule has 0 spiro atoms. The van der Waals surface area contributed by atoms with Gasteiger partial charge in [0.2, 0.25) is 0 Å². The first-order chi connectivity index (χ1) is 9.86. The SMILES string of the molecule is COc1c(C)cnc(Cn2nc(C)c(C(C)N)c2C)c1C. The van der Waals surface area contributed by atoms with Crippen molar-refractivity contribution in [2.75, 3.05) is 7.11 Å². The van der Waals surface area contributed by atoms with E-state index in [4.69, 9.17) is 10.5 Å². The molecule has 1 atom stereocenters. The Hall–Kier alpha value is -1.88. The second-order valence-corrected chi connectivity index (χ2v) is 5.58. The monoisotopic (exact) mass is 288 g/mol. The van der Waals surface area contributed by atoms with Crippen LogP contribution in [0.1, 0.15) is 46.7 Å². The van der Waals surface area contributed by atoms with E-state index in [1.54, 1.807) is 7.11 Å². The van der Waals surface area contributed by atoms with Crippen molar-refractivity contribution in [3.05, 3.63) is 40.0 Å². The van der Waals surface area contributed by atoms with Crippen molar-refractivity contribution in [2.24, 2.45) is 5.73 Å². The van der Waals surface area contributed by atoms with Crippen LogP contribution in [0, 0.1) is 27.7 Å². The van der Waals surface area contributed by atoms with Gasteiger partial charge in [0, 0.05) is 34.6 Å². The summed E-state index contributed by atoms with van der Waals surface area (Å²) in [5.41, 5.74) is 12.3. The van der Waals surface area contributed by atoms with Crippen LogP contribution < -0.4 is 10.5 Å². The Labute approximate surface area is 126 Å². The number of pyridine rings is 1. The summed E-state index contributed by atoms with van der Waals surface area (Å²) in [6.07, 6.45) is 1.85. The number of hydrogen-bond acceptors (Lipinski definition) is 4. The Morgan fingerprint density at radius 3 is 2.48 bits per heavy atom. The standard InChI is InChI=1S/C16H24N4O/c1-9-7-18-14(10(2)16(9)21-6)8-20-13(5)15(11(3)17)12(4)19-20/h7,11H,8,17H2,1-6H3. The lowest BCUT2D eigenvalue weighted by Crippen LogP contribution is -2.10. The van der Waals surface area contributed by atoms with E-state index >= 15 is 0 Å². The summed E-state index contributed by atoms with van der Waals surface area (Å²) in [5, 5.41) is 4.60. The molecule has 0 amide bonds. The predicted molar refractivity (Wildman–Crippen MR) is 83.7 cm³/mol. The second kappa shape index (κ2) is 5.85. The van der Waals surface area contributed by atoms with Gasteiger partial charge >= 0.3 is 0 Å². The minimum absolute atomic E-state index is 0.0136. The number of aromatic nitrogens is 3. The summed E-state index contributed by atoms with van der Waals surface area (Å²) < 4.78 is 7.43. The van der Waals surface area contributed by atoms with E-state index in [-0.39, 0.29) is 6.04 Å². The van der Waals surface area contributed by atoms with Gasteiger partial charge in [-0.2, -0.15) is 5.10 Å². The zero-order chi connectivity index (χ0) is 15.7. The molecule has 0 saturated heterocycles. The zero-order valence-electron chi connectivity index (χ0n) is 13.7. The van der Waals surface area contributed by atoms with Crippen molar-refractivity contribution in [3.8, 4) is 5.75 Å². The van der Waals surface area contributed by atoms with Crippen LogP contribution in [0.25, 0.3) is 0 Å². The van der Waals surface area contributed by atoms with Gasteiger partial charge in [-0.25, -0.2) is 0 Å². The minimum atomic E-state index is -0.0136. The molecule has 5 heteroatoms. The fourth-order valence-corrected chi connectivity index (χ4v) is 2.90. The van der Waals surface area contributed by atoms with Crippen LogP contribution in [0.2, 0.25) is 0 Å². The van der Waals surface area contributed by atoms with E-state index in [1.165, 1.54) is 0 Å². The Balaban J connectivity index is 2.42. The van der Waals surface area contributed by atoms with Gasteiger partial charge in [-0.05, 0) is 34.6 Å². The molecule has 0 saturated carbocycles. The van der Waals surface area contributed by atoms with E-state index in [9.17, 15) is 0 Å². The second-order valence-electron chi connectivity index (χ2n) is 5.58. The lowest BCUT2D eigenvalue weighted by Gasteiger charge is -2.13. The number of aryl methyl sites for hydroxylation is 2. The van der Waals surface area contributed by atoms with Crippen LogP contribution in [-0.4, -0.2) is 21.9 Å². The first-order valence-electron chi connectivity index (χ1n) is 7.15. The van der Waals surface area contributed by atoms with Crippen LogP contribution in [0.15, 0.2) is 6.20 Å². The molecule has 2 aromatic rings. The maximum absolute atomic E-state index is 6.03. The third-order valence-corrected chi connectivity index (χ3v) is 3.94. The number of nitrogens with two attached hydrogens (primary N) is 1. The Bertz CT molecular complexity index is 659. The van der Waals surface area contributed by atoms with Gasteiger partial charge in [0.05, 0.1) is 25.0 Å². The van der Waals surface area contributed by atoms with E-state index in [2.05, 4.69) is 17.0 Å². The highest BCUT2D eigenvalue weighted by atomic mass is 16.5. The fraction of sp³-hybridized carbons (Fsp3) is 0.500. The van der Waals surface area contributed by atoms with Crippen molar-refractivity contribution < 1.29 is 4.74 Å². The summed E-state index contributed by atoms with van der Waals surface area (Å²) in [5.74, 6) is 0.897. The van der Waals surface area contributed by atoms with E-state index < -0.39 is 0 Å². The molecule has 0 fully saturated rings. The van der Waals surface area contributed by atoms with E-state index in [0.717, 1.165) is 39.5 Å². The van der Waals surface area contributed by atoms with Crippen LogP contribution in [0.3, 0.4) is 0 Å². The molecule has 1 unspecified atom stereocenters. The average molecular weight is 288 g/mol. The van der Waals surface area contributed by atoms with Gasteiger partial charge < -0.3 is 10.5 Å². The summed E-state index contributed by atoms with van der Waals surface area (Å²) >= 11 is 0. The van der Waals surface area contributed by atoms with Crippen LogP contribution in [-0.2, 0) is 6.54 Å². The summed E-state index contributed by atoms with van der Waals surface area (Å²) in [4.78, 5) is 4.53. The molecule has 0 bridgehead atoms. The van der Waals surface area contributed by atoms with Gasteiger partial charge in [0.1, 0.15) is 5.75 Å². The number of rotatable bonds is 4. The van der Waals surface area contributed by atoms with Crippen LogP contribution >= 0.6 is 0 Å². The molecular weight excluding hydrogens is 264 g/mol. The smallest absolute Gasteiger partial charge is 0.128 e. The largest absolute Gasteiger partial charge is 0.496 e. The van der Waals surface area contributed by atoms with Gasteiger partial charge in [-0.3, -0.25) is 9.67 Å². The average Bonchev–Trinajstić information content (AvgIpc) is 2.68. The molecular formula is C16H24N4O. The fourth-order valence-electron chi connectivity index (χ4n) is 2.90. The molecule has 0 radical (unpaired) electrons. The normalized spacial score (nSPS) is 12.5. The van der Waals surface area contributed by atoms with Crippen LogP contribution in [0.4, 0.5) is 0 Å². The molecule has 0 aliphatic heterocycles. The Morgan fingerprint density at radius 2 is 1.95 bits per heavy atom. The number of ether oxygens (including phenoxy) is 1. The molecule has 114 valence electrons. The first-order valence-corrected chi connectivity index (χ1v) is 7.15. The third-order valence-electron chi connectivity index (χ3n) is 3.94. The highest BCUT2D eigenvalue weighted by Gasteiger charge is 2.17. The van der Waals surface area contributed by atoms with Gasteiger partial charge in [0.15, 0.2) is 0 Å². The van der Waals surface area contributed by atoms with Crippen LogP contribution in [0.5, 0.6) is 5.75 Å². The van der Waals surface area contributed by atoms with Gasteiger partial charge in [-0.15, -0.1) is 0 Å². The molecule has 0 aromatic carbocycles. The predicted octanol–water partition coefficient (Wildman–Crippen LogP) is 2.59. The lowest BCUT2D eigenvalue weighted by atomic mass is 10.1. The summed E-state index contributed by atoms with van der Waals surface area (Å²) in [6.45, 7) is 10.7. The van der Waals surface area contributed by atoms with Crippen molar-refractivity contribution in [1.29, 1.82) is 0 Å². The molecule has 5 nitrogen and oxygen atoms in total. The molecule has 0 aliphatic carbocycles. The minimum Gasteiger partial charge on any atom is -0.496 e. The van der Waals surface area contributed by atoms with Crippen molar-refractivity contribution in [3.63, 3.8) is 0 Å². The lowest BCUT2D eigenvalue weighted by molar-refractivity contribution is 0.406. The quantitative estimate of drug-likeness (QED) is 0.939. The number of nitrogens with zero attached hydrogens (tertiary/aromatic N) is 3. The Kier molecular flexibility index (Phi) is 4.32. The topological polar surface area (TPSA) is 66.0 Å². The third kappa shape index (κ3) is 2.78. The highest BCUT2D eigenvalue weighted by molar-refractivity contribution is 5.41. The highest BCUT2D eigenvalue weighted by Crippen LogP contribution is 2.26. The molecule has 21 heavy (non-hydrogen) atoms. The molecule has 2 N–H and O–H groups in total. The first kappa shape index (κ1) is 15.5. The van der Waals surface area contributed by atoms with Gasteiger partial charge in [-0.1, -0.05) is 0 Å². The molecule has 2 aromatic heterocycles. The van der Waals surface area contributed by atoms with Gasteiger partial charge in [0.25, 0.3) is 0 Å².